The predicted molar refractivity (Wildman–Crippen MR) is 95.0 cm³/mol. The molecule has 0 saturated carbocycles. The van der Waals surface area contributed by atoms with E-state index in [0.29, 0.717) is 25.6 Å². The van der Waals surface area contributed by atoms with Crippen molar-refractivity contribution in [1.29, 1.82) is 0 Å². The molecule has 0 radical (unpaired) electrons. The van der Waals surface area contributed by atoms with Gasteiger partial charge in [0.2, 0.25) is 5.91 Å². The Morgan fingerprint density at radius 2 is 2.00 bits per heavy atom. The number of ether oxygens (including phenoxy) is 1. The van der Waals surface area contributed by atoms with Crippen LogP contribution < -0.4 is 5.32 Å². The molecule has 0 aromatic heterocycles. The minimum Gasteiger partial charge on any atom is -0.466 e. The molecule has 1 amide bonds. The van der Waals surface area contributed by atoms with Gasteiger partial charge in [0, 0.05) is 12.2 Å². The standard InChI is InChI=1S/C19H28N2O3/c1-4-24-19(23)16-6-5-11-21(12-16)13-18(22)20-17-9-7-15(8-10-17)14(2)3/h7-10,14,16H,4-6,11-13H2,1-3H3,(H,20,22)/t16-/m0/s1. The van der Waals surface area contributed by atoms with Crippen molar-refractivity contribution in [1.82, 2.24) is 4.90 Å². The SMILES string of the molecule is CCOC(=O)[C@H]1CCCN(CC(=O)Nc2ccc(C(C)C)cc2)C1. The van der Waals surface area contributed by atoms with Crippen LogP contribution in [0.2, 0.25) is 0 Å². The Labute approximate surface area is 144 Å². The molecule has 1 saturated heterocycles. The first-order chi connectivity index (χ1) is 11.5. The summed E-state index contributed by atoms with van der Waals surface area (Å²) >= 11 is 0. The van der Waals surface area contributed by atoms with Crippen molar-refractivity contribution in [3.63, 3.8) is 0 Å². The van der Waals surface area contributed by atoms with Crippen LogP contribution in [0.15, 0.2) is 24.3 Å². The first-order valence-corrected chi connectivity index (χ1v) is 8.78. The summed E-state index contributed by atoms with van der Waals surface area (Å²) in [4.78, 5) is 26.1. The Morgan fingerprint density at radius 1 is 1.29 bits per heavy atom. The van der Waals surface area contributed by atoms with E-state index in [1.54, 1.807) is 0 Å². The summed E-state index contributed by atoms with van der Waals surface area (Å²) in [6, 6.07) is 7.95. The molecule has 1 fully saturated rings. The fraction of sp³-hybridized carbons (Fsp3) is 0.579. The van der Waals surface area contributed by atoms with Gasteiger partial charge in [-0.15, -0.1) is 0 Å². The van der Waals surface area contributed by atoms with Gasteiger partial charge in [0.25, 0.3) is 0 Å². The van der Waals surface area contributed by atoms with Crippen LogP contribution in [0.3, 0.4) is 0 Å². The second-order valence-electron chi connectivity index (χ2n) is 6.65. The Kier molecular flexibility index (Phi) is 6.79. The molecule has 132 valence electrons. The quantitative estimate of drug-likeness (QED) is 0.814. The fourth-order valence-corrected chi connectivity index (χ4v) is 3.01. The van der Waals surface area contributed by atoms with Gasteiger partial charge in [0.15, 0.2) is 0 Å². The van der Waals surface area contributed by atoms with Gasteiger partial charge in [0.05, 0.1) is 19.1 Å². The van der Waals surface area contributed by atoms with Crippen LogP contribution in [0, 0.1) is 5.92 Å². The molecular weight excluding hydrogens is 304 g/mol. The lowest BCUT2D eigenvalue weighted by Gasteiger charge is -2.30. The number of piperidine rings is 1. The summed E-state index contributed by atoms with van der Waals surface area (Å²) in [5, 5.41) is 2.93. The molecule has 1 atom stereocenters. The summed E-state index contributed by atoms with van der Waals surface area (Å²) in [6.07, 6.45) is 1.76. The maximum absolute atomic E-state index is 12.2. The van der Waals surface area contributed by atoms with Gasteiger partial charge in [-0.2, -0.15) is 0 Å². The molecule has 0 bridgehead atoms. The van der Waals surface area contributed by atoms with Crippen LogP contribution in [-0.4, -0.2) is 43.0 Å². The number of nitrogens with one attached hydrogen (secondary N) is 1. The highest BCUT2D eigenvalue weighted by atomic mass is 16.5. The third-order valence-corrected chi connectivity index (χ3v) is 4.35. The molecule has 1 aliphatic heterocycles. The number of hydrogen-bond donors (Lipinski definition) is 1. The first kappa shape index (κ1) is 18.5. The maximum Gasteiger partial charge on any atom is 0.310 e. The topological polar surface area (TPSA) is 58.6 Å². The molecule has 0 spiro atoms. The number of rotatable bonds is 6. The van der Waals surface area contributed by atoms with Crippen molar-refractivity contribution in [3.8, 4) is 0 Å². The second-order valence-corrected chi connectivity index (χ2v) is 6.65. The van der Waals surface area contributed by atoms with Crippen LogP contribution >= 0.6 is 0 Å². The van der Waals surface area contributed by atoms with Gasteiger partial charge in [-0.3, -0.25) is 14.5 Å². The molecule has 1 N–H and O–H groups in total. The molecule has 1 aromatic rings. The minimum atomic E-state index is -0.146. The number of carbonyl (C=O) groups is 2. The normalized spacial score (nSPS) is 18.4. The van der Waals surface area contributed by atoms with E-state index in [0.717, 1.165) is 25.1 Å². The van der Waals surface area contributed by atoms with Gasteiger partial charge >= 0.3 is 5.97 Å². The molecule has 2 rings (SSSR count). The van der Waals surface area contributed by atoms with Crippen LogP contribution in [0.25, 0.3) is 0 Å². The second kappa shape index (κ2) is 8.83. The largest absolute Gasteiger partial charge is 0.466 e. The zero-order chi connectivity index (χ0) is 17.5. The summed E-state index contributed by atoms with van der Waals surface area (Å²) in [5.74, 6) is 0.170. The summed E-state index contributed by atoms with van der Waals surface area (Å²) in [7, 11) is 0. The monoisotopic (exact) mass is 332 g/mol. The minimum absolute atomic E-state index is 0.0446. The summed E-state index contributed by atoms with van der Waals surface area (Å²) in [5.41, 5.74) is 2.06. The van der Waals surface area contributed by atoms with Crippen LogP contribution in [0.4, 0.5) is 5.69 Å². The number of carbonyl (C=O) groups excluding carboxylic acids is 2. The van der Waals surface area contributed by atoms with E-state index in [1.807, 2.05) is 36.1 Å². The highest BCUT2D eigenvalue weighted by molar-refractivity contribution is 5.92. The third kappa shape index (κ3) is 5.34. The van der Waals surface area contributed by atoms with E-state index in [9.17, 15) is 9.59 Å². The Bertz CT molecular complexity index is 554. The van der Waals surface area contributed by atoms with E-state index in [4.69, 9.17) is 4.74 Å². The van der Waals surface area contributed by atoms with Crippen molar-refractivity contribution in [2.45, 2.75) is 39.5 Å². The van der Waals surface area contributed by atoms with Gasteiger partial charge in [0.1, 0.15) is 0 Å². The van der Waals surface area contributed by atoms with E-state index in [-0.39, 0.29) is 17.8 Å². The molecule has 1 aromatic carbocycles. The lowest BCUT2D eigenvalue weighted by atomic mass is 9.98. The predicted octanol–water partition coefficient (Wildman–Crippen LogP) is 3.02. The number of anilines is 1. The van der Waals surface area contributed by atoms with Crippen LogP contribution in [0.5, 0.6) is 0 Å². The van der Waals surface area contributed by atoms with Gasteiger partial charge < -0.3 is 10.1 Å². The first-order valence-electron chi connectivity index (χ1n) is 8.78. The Balaban J connectivity index is 1.84. The molecular formula is C19H28N2O3. The molecule has 1 aliphatic rings. The lowest BCUT2D eigenvalue weighted by Crippen LogP contribution is -2.43. The number of benzene rings is 1. The van der Waals surface area contributed by atoms with Crippen LogP contribution in [-0.2, 0) is 14.3 Å². The van der Waals surface area contributed by atoms with Gasteiger partial charge in [-0.05, 0) is 49.9 Å². The number of hydrogen-bond acceptors (Lipinski definition) is 4. The average molecular weight is 332 g/mol. The molecule has 5 heteroatoms. The fourth-order valence-electron chi connectivity index (χ4n) is 3.01. The van der Waals surface area contributed by atoms with E-state index >= 15 is 0 Å². The van der Waals surface area contributed by atoms with Crippen molar-refractivity contribution in [2.75, 3.05) is 31.6 Å². The average Bonchev–Trinajstić information content (AvgIpc) is 2.55. The number of amides is 1. The van der Waals surface area contributed by atoms with Crippen LogP contribution in [0.1, 0.15) is 45.1 Å². The zero-order valence-electron chi connectivity index (χ0n) is 14.9. The number of likely N-dealkylation sites (tertiary alicyclic amines) is 1. The molecule has 5 nitrogen and oxygen atoms in total. The van der Waals surface area contributed by atoms with Crippen molar-refractivity contribution < 1.29 is 14.3 Å². The van der Waals surface area contributed by atoms with E-state index in [2.05, 4.69) is 19.2 Å². The van der Waals surface area contributed by atoms with Crippen molar-refractivity contribution >= 4 is 17.6 Å². The number of esters is 1. The maximum atomic E-state index is 12.2. The summed E-state index contributed by atoms with van der Waals surface area (Å²) < 4.78 is 5.09. The van der Waals surface area contributed by atoms with Crippen molar-refractivity contribution in [2.24, 2.45) is 5.92 Å². The van der Waals surface area contributed by atoms with Crippen molar-refractivity contribution in [3.05, 3.63) is 29.8 Å². The molecule has 0 unspecified atom stereocenters. The lowest BCUT2D eigenvalue weighted by molar-refractivity contribution is -0.150. The Hall–Kier alpha value is -1.88. The highest BCUT2D eigenvalue weighted by Crippen LogP contribution is 2.19. The smallest absolute Gasteiger partial charge is 0.310 e. The Morgan fingerprint density at radius 3 is 2.62 bits per heavy atom. The van der Waals surface area contributed by atoms with Gasteiger partial charge in [-0.1, -0.05) is 26.0 Å². The zero-order valence-corrected chi connectivity index (χ0v) is 14.9. The van der Waals surface area contributed by atoms with Gasteiger partial charge in [-0.25, -0.2) is 0 Å². The van der Waals surface area contributed by atoms with E-state index in [1.165, 1.54) is 5.56 Å². The molecule has 0 aliphatic carbocycles. The molecule has 1 heterocycles. The van der Waals surface area contributed by atoms with E-state index < -0.39 is 0 Å². The molecule has 24 heavy (non-hydrogen) atoms. The summed E-state index contributed by atoms with van der Waals surface area (Å²) in [6.45, 7) is 8.25. The highest BCUT2D eigenvalue weighted by Gasteiger charge is 2.27. The number of nitrogens with zero attached hydrogens (tertiary/aromatic N) is 1. The third-order valence-electron chi connectivity index (χ3n) is 4.35.